The minimum atomic E-state index is -2.30. The maximum atomic E-state index is 12.3. The first-order valence-corrected chi connectivity index (χ1v) is 6.88. The Morgan fingerprint density at radius 3 is 3.00 bits per heavy atom. The molecule has 0 spiro atoms. The lowest BCUT2D eigenvalue weighted by molar-refractivity contribution is 0.140. The molecule has 0 radical (unpaired) electrons. The van der Waals surface area contributed by atoms with Crippen LogP contribution in [0.15, 0.2) is 18.2 Å². The lowest BCUT2D eigenvalue weighted by atomic mass is 10.0. The second-order valence-electron chi connectivity index (χ2n) is 5.12. The highest BCUT2D eigenvalue weighted by Gasteiger charge is 2.22. The van der Waals surface area contributed by atoms with Gasteiger partial charge in [-0.2, -0.15) is 0 Å². The molecule has 1 fully saturated rings. The number of benzene rings is 1. The van der Waals surface area contributed by atoms with Crippen molar-refractivity contribution in [3.63, 3.8) is 0 Å². The number of rotatable bonds is 4. The first-order valence-electron chi connectivity index (χ1n) is 6.88. The van der Waals surface area contributed by atoms with Crippen LogP contribution in [0.4, 0.5) is 14.5 Å². The van der Waals surface area contributed by atoms with E-state index in [-0.39, 0.29) is 19.4 Å². The molecule has 0 aliphatic carbocycles. The third kappa shape index (κ3) is 2.95. The van der Waals surface area contributed by atoms with Gasteiger partial charge in [0.05, 0.1) is 6.54 Å². The van der Waals surface area contributed by atoms with Crippen LogP contribution < -0.4 is 19.7 Å². The fraction of sp³-hybridized carbons (Fsp3) is 0.571. The lowest BCUT2D eigenvalue weighted by Gasteiger charge is -2.35. The Labute approximate surface area is 116 Å². The molecule has 6 heteroatoms. The van der Waals surface area contributed by atoms with E-state index in [0.29, 0.717) is 0 Å². The van der Waals surface area contributed by atoms with Gasteiger partial charge in [-0.3, -0.25) is 0 Å². The van der Waals surface area contributed by atoms with Crippen molar-refractivity contribution >= 4 is 5.69 Å². The van der Waals surface area contributed by atoms with E-state index in [2.05, 4.69) is 10.2 Å². The Balaban J connectivity index is 1.64. The first-order chi connectivity index (χ1) is 9.72. The second-order valence-corrected chi connectivity index (χ2v) is 5.12. The van der Waals surface area contributed by atoms with Crippen molar-refractivity contribution in [1.82, 2.24) is 5.32 Å². The molecule has 1 N–H and O–H groups in total. The number of nitrogens with one attached hydrogen (secondary N) is 1. The van der Waals surface area contributed by atoms with Gasteiger partial charge in [0.2, 0.25) is 6.79 Å². The molecule has 20 heavy (non-hydrogen) atoms. The predicted octanol–water partition coefficient (Wildman–Crippen LogP) is 2.24. The largest absolute Gasteiger partial charge is 0.454 e. The van der Waals surface area contributed by atoms with Gasteiger partial charge in [0, 0.05) is 30.9 Å². The highest BCUT2D eigenvalue weighted by Crippen LogP contribution is 2.36. The summed E-state index contributed by atoms with van der Waals surface area (Å²) < 4.78 is 35.2. The van der Waals surface area contributed by atoms with Gasteiger partial charge in [-0.25, -0.2) is 8.78 Å². The summed E-state index contributed by atoms with van der Waals surface area (Å²) in [7, 11) is 0. The third-order valence-electron chi connectivity index (χ3n) is 3.70. The molecule has 0 amide bonds. The number of anilines is 1. The number of nitrogens with zero attached hydrogens (tertiary/aromatic N) is 1. The summed E-state index contributed by atoms with van der Waals surface area (Å²) in [5, 5.41) is 2.93. The maximum absolute atomic E-state index is 12.3. The van der Waals surface area contributed by atoms with E-state index in [1.54, 1.807) is 0 Å². The molecule has 4 nitrogen and oxygen atoms in total. The molecule has 2 heterocycles. The minimum absolute atomic E-state index is 0.114. The third-order valence-corrected chi connectivity index (χ3v) is 3.70. The van der Waals surface area contributed by atoms with Crippen LogP contribution in [0, 0.1) is 0 Å². The maximum Gasteiger partial charge on any atom is 0.250 e. The molecule has 3 rings (SSSR count). The average molecular weight is 284 g/mol. The van der Waals surface area contributed by atoms with E-state index in [9.17, 15) is 8.78 Å². The van der Waals surface area contributed by atoms with Crippen molar-refractivity contribution in [3.05, 3.63) is 18.2 Å². The van der Waals surface area contributed by atoms with Gasteiger partial charge in [-0.05, 0) is 25.0 Å². The molecule has 1 unspecified atom stereocenters. The molecule has 110 valence electrons. The summed E-state index contributed by atoms with van der Waals surface area (Å²) in [5.41, 5.74) is 1.05. The SMILES string of the molecule is FC(F)CNC1CCCN(c2ccc3c(c2)OCO3)C1. The molecule has 1 aromatic rings. The van der Waals surface area contributed by atoms with E-state index < -0.39 is 6.43 Å². The normalized spacial score (nSPS) is 21.6. The van der Waals surface area contributed by atoms with Gasteiger partial charge in [0.25, 0.3) is 6.43 Å². The molecule has 0 saturated carbocycles. The molecule has 1 atom stereocenters. The fourth-order valence-corrected chi connectivity index (χ4v) is 2.72. The Kier molecular flexibility index (Phi) is 3.91. The van der Waals surface area contributed by atoms with Crippen LogP contribution in [0.5, 0.6) is 11.5 Å². The van der Waals surface area contributed by atoms with Crippen LogP contribution in [-0.2, 0) is 0 Å². The number of alkyl halides is 2. The number of hydrogen-bond donors (Lipinski definition) is 1. The van der Waals surface area contributed by atoms with E-state index >= 15 is 0 Å². The van der Waals surface area contributed by atoms with Crippen LogP contribution in [0.25, 0.3) is 0 Å². The molecule has 1 aromatic carbocycles. The predicted molar refractivity (Wildman–Crippen MR) is 71.8 cm³/mol. The monoisotopic (exact) mass is 284 g/mol. The van der Waals surface area contributed by atoms with Crippen LogP contribution in [0.2, 0.25) is 0 Å². The van der Waals surface area contributed by atoms with Gasteiger partial charge in [-0.15, -0.1) is 0 Å². The Morgan fingerprint density at radius 1 is 1.30 bits per heavy atom. The highest BCUT2D eigenvalue weighted by molar-refractivity contribution is 5.57. The second kappa shape index (κ2) is 5.83. The highest BCUT2D eigenvalue weighted by atomic mass is 19.3. The summed E-state index contributed by atoms with van der Waals surface area (Å²) in [4.78, 5) is 2.20. The zero-order valence-electron chi connectivity index (χ0n) is 11.1. The zero-order chi connectivity index (χ0) is 13.9. The number of halogens is 2. The smallest absolute Gasteiger partial charge is 0.250 e. The Hall–Kier alpha value is -1.56. The van der Waals surface area contributed by atoms with Gasteiger partial charge in [-0.1, -0.05) is 0 Å². The lowest BCUT2D eigenvalue weighted by Crippen LogP contribution is -2.47. The van der Waals surface area contributed by atoms with Crippen molar-refractivity contribution in [1.29, 1.82) is 0 Å². The van der Waals surface area contributed by atoms with Gasteiger partial charge in [0.15, 0.2) is 11.5 Å². The minimum Gasteiger partial charge on any atom is -0.454 e. The van der Waals surface area contributed by atoms with Crippen molar-refractivity contribution in [2.45, 2.75) is 25.3 Å². The van der Waals surface area contributed by atoms with Crippen LogP contribution >= 0.6 is 0 Å². The van der Waals surface area contributed by atoms with E-state index in [1.807, 2.05) is 18.2 Å². The first kappa shape index (κ1) is 13.4. The summed E-state index contributed by atoms with van der Waals surface area (Å²) in [6, 6.07) is 5.96. The van der Waals surface area contributed by atoms with Crippen molar-refractivity contribution in [3.8, 4) is 11.5 Å². The number of ether oxygens (including phenoxy) is 2. The van der Waals surface area contributed by atoms with Crippen LogP contribution in [-0.4, -0.2) is 38.9 Å². The van der Waals surface area contributed by atoms with Crippen LogP contribution in [0.1, 0.15) is 12.8 Å². The van der Waals surface area contributed by atoms with Gasteiger partial charge >= 0.3 is 0 Å². The fourth-order valence-electron chi connectivity index (χ4n) is 2.72. The number of fused-ring (bicyclic) bond motifs is 1. The molecule has 2 aliphatic heterocycles. The summed E-state index contributed by atoms with van der Waals surface area (Å²) >= 11 is 0. The van der Waals surface area contributed by atoms with E-state index in [4.69, 9.17) is 9.47 Å². The van der Waals surface area contributed by atoms with Gasteiger partial charge in [0.1, 0.15) is 0 Å². The average Bonchev–Trinajstić information content (AvgIpc) is 2.93. The van der Waals surface area contributed by atoms with Crippen molar-refractivity contribution in [2.75, 3.05) is 31.3 Å². The number of piperidine rings is 1. The van der Waals surface area contributed by atoms with Crippen molar-refractivity contribution < 1.29 is 18.3 Å². The Bertz CT molecular complexity index is 470. The van der Waals surface area contributed by atoms with Gasteiger partial charge < -0.3 is 19.7 Å². The zero-order valence-corrected chi connectivity index (χ0v) is 11.1. The molecule has 2 aliphatic rings. The molecule has 0 bridgehead atoms. The summed E-state index contributed by atoms with van der Waals surface area (Å²) in [6.07, 6.45) is -0.362. The molecule has 0 aromatic heterocycles. The molecular formula is C14H18F2N2O2. The van der Waals surface area contributed by atoms with Crippen LogP contribution in [0.3, 0.4) is 0 Å². The molecule has 1 saturated heterocycles. The Morgan fingerprint density at radius 2 is 2.15 bits per heavy atom. The topological polar surface area (TPSA) is 33.7 Å². The summed E-state index contributed by atoms with van der Waals surface area (Å²) in [5.74, 6) is 1.52. The van der Waals surface area contributed by atoms with Crippen molar-refractivity contribution in [2.24, 2.45) is 0 Å². The molecular weight excluding hydrogens is 266 g/mol. The quantitative estimate of drug-likeness (QED) is 0.919. The standard InChI is InChI=1S/C14H18F2N2O2/c15-14(16)7-17-10-2-1-5-18(8-10)11-3-4-12-13(6-11)20-9-19-12/h3-4,6,10,14,17H,1-2,5,7-9H2. The van der Waals surface area contributed by atoms with E-state index in [1.165, 1.54) is 0 Å². The van der Waals surface area contributed by atoms with E-state index in [0.717, 1.165) is 43.1 Å². The number of hydrogen-bond acceptors (Lipinski definition) is 4. The summed E-state index contributed by atoms with van der Waals surface area (Å²) in [6.45, 7) is 1.70.